The summed E-state index contributed by atoms with van der Waals surface area (Å²) in [6, 6.07) is 21.9. The summed E-state index contributed by atoms with van der Waals surface area (Å²) in [5.41, 5.74) is 5.09. The van der Waals surface area contributed by atoms with Crippen LogP contribution in [0.25, 0.3) is 33.4 Å². The number of aromatic nitrogens is 4. The quantitative estimate of drug-likeness (QED) is 0.339. The van der Waals surface area contributed by atoms with Crippen molar-refractivity contribution < 1.29 is 14.7 Å². The summed E-state index contributed by atoms with van der Waals surface area (Å²) in [6.07, 6.45) is 5.33. The summed E-state index contributed by atoms with van der Waals surface area (Å²) in [5, 5.41) is 17.6. The third kappa shape index (κ3) is 5.24. The lowest BCUT2D eigenvalue weighted by atomic mass is 10.0. The van der Waals surface area contributed by atoms with Crippen LogP contribution in [0.15, 0.2) is 91.4 Å². The van der Waals surface area contributed by atoms with Gasteiger partial charge in [0.1, 0.15) is 12.2 Å². The minimum Gasteiger partial charge on any atom is -0.478 e. The molecular weight excluding hydrogens is 478 g/mol. The second-order valence-corrected chi connectivity index (χ2v) is 7.96. The van der Waals surface area contributed by atoms with Crippen molar-refractivity contribution in [1.29, 1.82) is 0 Å². The summed E-state index contributed by atoms with van der Waals surface area (Å²) >= 11 is 0. The predicted molar refractivity (Wildman–Crippen MR) is 139 cm³/mol. The van der Waals surface area contributed by atoms with Gasteiger partial charge in [0.15, 0.2) is 0 Å². The predicted octanol–water partition coefficient (Wildman–Crippen LogP) is 4.60. The summed E-state index contributed by atoms with van der Waals surface area (Å²) in [5.74, 6) is -1.20. The normalized spacial score (nSPS) is 10.6. The molecule has 180 valence electrons. The van der Waals surface area contributed by atoms with Gasteiger partial charge in [-0.1, -0.05) is 36.4 Å². The van der Waals surface area contributed by atoms with E-state index in [4.69, 9.17) is 10.2 Å². The van der Waals surface area contributed by atoms with Crippen LogP contribution in [0.1, 0.15) is 15.9 Å². The third-order valence-corrected chi connectivity index (χ3v) is 5.60. The fraction of sp³-hybridized carbons (Fsp3) is 0.0741. The third-order valence-electron chi connectivity index (χ3n) is 5.60. The molecule has 0 spiro atoms. The zero-order valence-corrected chi connectivity index (χ0v) is 19.9. The smallest absolute Gasteiger partial charge is 0.335 e. The molecule has 3 heterocycles. The molecule has 5 rings (SSSR count). The number of nitrogens with one attached hydrogen (secondary N) is 1. The van der Waals surface area contributed by atoms with E-state index in [0.29, 0.717) is 11.4 Å². The zero-order valence-electron chi connectivity index (χ0n) is 19.0. The first-order valence-corrected chi connectivity index (χ1v) is 11.0. The van der Waals surface area contributed by atoms with Crippen LogP contribution in [0.3, 0.4) is 0 Å². The number of carboxylic acids is 1. The Morgan fingerprint density at radius 2 is 1.64 bits per heavy atom. The van der Waals surface area contributed by atoms with Crippen LogP contribution in [0.5, 0.6) is 0 Å². The second-order valence-electron chi connectivity index (χ2n) is 7.96. The van der Waals surface area contributed by atoms with Crippen LogP contribution in [-0.4, -0.2) is 36.7 Å². The van der Waals surface area contributed by atoms with Crippen molar-refractivity contribution in [3.8, 4) is 22.5 Å². The summed E-state index contributed by atoms with van der Waals surface area (Å²) in [4.78, 5) is 32.6. The molecule has 9 heteroatoms. The van der Waals surface area contributed by atoms with Gasteiger partial charge in [-0.2, -0.15) is 5.10 Å². The highest BCUT2D eigenvalue weighted by molar-refractivity contribution is 5.97. The Morgan fingerprint density at radius 3 is 2.39 bits per heavy atom. The molecular formula is C27H22ClN5O3. The van der Waals surface area contributed by atoms with Gasteiger partial charge in [0.2, 0.25) is 5.91 Å². The topological polar surface area (TPSA) is 110 Å². The van der Waals surface area contributed by atoms with Crippen molar-refractivity contribution in [1.82, 2.24) is 25.1 Å². The highest BCUT2D eigenvalue weighted by Gasteiger charge is 2.17. The first-order chi connectivity index (χ1) is 17.1. The maximum absolute atomic E-state index is 12.7. The Bertz CT molecular complexity index is 1510. The van der Waals surface area contributed by atoms with Crippen molar-refractivity contribution in [2.75, 3.05) is 0 Å². The molecule has 2 aromatic carbocycles. The average Bonchev–Trinajstić information content (AvgIpc) is 3.31. The monoisotopic (exact) mass is 499 g/mol. The van der Waals surface area contributed by atoms with E-state index in [2.05, 4.69) is 15.3 Å². The van der Waals surface area contributed by atoms with E-state index in [0.717, 1.165) is 27.6 Å². The SMILES string of the molecule is Cl.O=C(Cn1cc(-c2ccnc3ccccc23)c(-c2ccccn2)n1)NCc1ccc(C(=O)O)cc1. The highest BCUT2D eigenvalue weighted by atomic mass is 35.5. The Balaban J connectivity index is 0.00000304. The van der Waals surface area contributed by atoms with Crippen LogP contribution >= 0.6 is 12.4 Å². The molecule has 0 atom stereocenters. The molecule has 0 aliphatic heterocycles. The number of fused-ring (bicyclic) bond motifs is 1. The number of benzene rings is 2. The summed E-state index contributed by atoms with van der Waals surface area (Å²) < 4.78 is 1.61. The number of carboxylic acid groups (broad SMARTS) is 1. The average molecular weight is 500 g/mol. The molecule has 0 radical (unpaired) electrons. The van der Waals surface area contributed by atoms with E-state index in [1.165, 1.54) is 12.1 Å². The van der Waals surface area contributed by atoms with Crippen LogP contribution in [-0.2, 0) is 17.9 Å². The van der Waals surface area contributed by atoms with E-state index >= 15 is 0 Å². The molecule has 0 aliphatic carbocycles. The molecule has 0 unspecified atom stereocenters. The van der Waals surface area contributed by atoms with E-state index in [1.807, 2.05) is 54.7 Å². The number of amides is 1. The molecule has 0 fully saturated rings. The van der Waals surface area contributed by atoms with Crippen LogP contribution < -0.4 is 5.32 Å². The molecule has 36 heavy (non-hydrogen) atoms. The minimum absolute atomic E-state index is 0. The number of rotatable bonds is 7. The number of para-hydroxylation sites is 1. The van der Waals surface area contributed by atoms with Gasteiger partial charge in [0.25, 0.3) is 0 Å². The van der Waals surface area contributed by atoms with Crippen molar-refractivity contribution >= 4 is 35.2 Å². The summed E-state index contributed by atoms with van der Waals surface area (Å²) in [6.45, 7) is 0.311. The van der Waals surface area contributed by atoms with Gasteiger partial charge in [0, 0.05) is 36.1 Å². The Hall–Kier alpha value is -4.56. The molecule has 1 amide bonds. The first kappa shape index (κ1) is 24.6. The highest BCUT2D eigenvalue weighted by Crippen LogP contribution is 2.34. The number of aromatic carboxylic acids is 1. The standard InChI is InChI=1S/C27H21N5O3.ClH/c33-25(30-15-18-8-10-19(11-9-18)27(34)35)17-32-16-22(26(31-32)24-7-3-4-13-28-24)20-12-14-29-23-6-2-1-5-21(20)23;/h1-14,16H,15,17H2,(H,30,33)(H,34,35);1H. The Morgan fingerprint density at radius 1 is 0.861 bits per heavy atom. The number of pyridine rings is 2. The molecule has 0 aliphatic rings. The number of halogens is 1. The van der Waals surface area contributed by atoms with Crippen molar-refractivity contribution in [2.45, 2.75) is 13.1 Å². The van der Waals surface area contributed by atoms with Gasteiger partial charge in [-0.05, 0) is 47.5 Å². The molecule has 5 aromatic rings. The van der Waals surface area contributed by atoms with Gasteiger partial charge in [-0.3, -0.25) is 19.4 Å². The summed E-state index contributed by atoms with van der Waals surface area (Å²) in [7, 11) is 0. The van der Waals surface area contributed by atoms with Crippen LogP contribution in [0.4, 0.5) is 0 Å². The molecule has 0 saturated heterocycles. The van der Waals surface area contributed by atoms with Gasteiger partial charge in [-0.15, -0.1) is 12.4 Å². The minimum atomic E-state index is -0.985. The lowest BCUT2D eigenvalue weighted by Crippen LogP contribution is -2.27. The number of hydrogen-bond acceptors (Lipinski definition) is 5. The molecule has 3 aromatic heterocycles. The lowest BCUT2D eigenvalue weighted by molar-refractivity contribution is -0.122. The first-order valence-electron chi connectivity index (χ1n) is 11.0. The van der Waals surface area contributed by atoms with E-state index in [-0.39, 0.29) is 37.0 Å². The number of carbonyl (C=O) groups excluding carboxylic acids is 1. The number of nitrogens with zero attached hydrogens (tertiary/aromatic N) is 4. The van der Waals surface area contributed by atoms with Gasteiger partial charge >= 0.3 is 5.97 Å². The van der Waals surface area contributed by atoms with Crippen molar-refractivity contribution in [3.63, 3.8) is 0 Å². The van der Waals surface area contributed by atoms with Crippen LogP contribution in [0, 0.1) is 0 Å². The second kappa shape index (κ2) is 10.8. The maximum atomic E-state index is 12.7. The molecule has 8 nitrogen and oxygen atoms in total. The van der Waals surface area contributed by atoms with E-state index in [1.54, 1.807) is 29.2 Å². The van der Waals surface area contributed by atoms with Gasteiger partial charge < -0.3 is 10.4 Å². The van der Waals surface area contributed by atoms with E-state index in [9.17, 15) is 9.59 Å². The zero-order chi connectivity index (χ0) is 24.2. The van der Waals surface area contributed by atoms with Crippen molar-refractivity contribution in [3.05, 3.63) is 103 Å². The largest absolute Gasteiger partial charge is 0.478 e. The molecule has 0 saturated carbocycles. The lowest BCUT2D eigenvalue weighted by Gasteiger charge is -2.06. The number of hydrogen-bond donors (Lipinski definition) is 2. The Labute approximate surface area is 213 Å². The van der Waals surface area contributed by atoms with Gasteiger partial charge in [-0.25, -0.2) is 4.79 Å². The van der Waals surface area contributed by atoms with Crippen LogP contribution in [0.2, 0.25) is 0 Å². The Kier molecular flexibility index (Phi) is 7.36. The molecule has 2 N–H and O–H groups in total. The van der Waals surface area contributed by atoms with Crippen molar-refractivity contribution in [2.24, 2.45) is 0 Å². The van der Waals surface area contributed by atoms with E-state index < -0.39 is 5.97 Å². The molecule has 0 bridgehead atoms. The fourth-order valence-electron chi connectivity index (χ4n) is 3.89. The van der Waals surface area contributed by atoms with Gasteiger partial charge in [0.05, 0.1) is 16.8 Å². The maximum Gasteiger partial charge on any atom is 0.335 e. The number of carbonyl (C=O) groups is 2. The fourth-order valence-corrected chi connectivity index (χ4v) is 3.89.